The van der Waals surface area contributed by atoms with Crippen molar-refractivity contribution in [1.82, 2.24) is 0 Å². The molecule has 0 aromatic rings. The summed E-state index contributed by atoms with van der Waals surface area (Å²) in [7, 11) is 3.00. The Kier molecular flexibility index (Phi) is 28.5. The maximum absolute atomic E-state index is 11.8. The third kappa shape index (κ3) is 14.6. The Labute approximate surface area is 117 Å². The Morgan fingerprint density at radius 3 is 1.56 bits per heavy atom. The van der Waals surface area contributed by atoms with E-state index in [9.17, 15) is 10.5 Å². The first-order valence-electron chi connectivity index (χ1n) is 3.79. The second kappa shape index (κ2) is 18.0. The standard InChI is InChI=1S/C5H4F3Ge.3CH4O.Zr/c6-9(7,8)5-3-1-2-4-5;3*1-2;/h1,3H,2H2;3*2H,1H3;/q-1;;;;. The average Bonchev–Trinajstić information content (AvgIpc) is 2.79. The van der Waals surface area contributed by atoms with E-state index < -0.39 is 19.1 Å². The Balaban J connectivity index is -0.0000000900. The molecule has 0 radical (unpaired) electrons. The number of aliphatic hydroxyl groups excluding tert-OH is 3. The second-order valence-corrected chi connectivity index (χ2v) is 4.91. The number of rotatable bonds is 1. The third-order valence-corrected chi connectivity index (χ3v) is 3.00. The summed E-state index contributed by atoms with van der Waals surface area (Å²) in [6.07, 6.45) is 5.20. The van der Waals surface area contributed by atoms with E-state index >= 15 is 0 Å². The van der Waals surface area contributed by atoms with Crippen LogP contribution in [0.2, 0.25) is 0 Å². The molecule has 0 saturated carbocycles. The first-order chi connectivity index (χ1) is 7.11. The largest absolute Gasteiger partial charge is 0 e. The number of allylic oxidation sites excluding steroid dienone is 4. The van der Waals surface area contributed by atoms with Crippen LogP contribution in [0.5, 0.6) is 0 Å². The smallest absolute Gasteiger partial charge is 0 e. The van der Waals surface area contributed by atoms with E-state index in [1.807, 2.05) is 0 Å². The van der Waals surface area contributed by atoms with Gasteiger partial charge in [0.15, 0.2) is 0 Å². The van der Waals surface area contributed by atoms with Gasteiger partial charge in [0.1, 0.15) is 0 Å². The quantitative estimate of drug-likeness (QED) is 0.467. The predicted molar refractivity (Wildman–Crippen MR) is 54.0 cm³/mol. The summed E-state index contributed by atoms with van der Waals surface area (Å²) < 4.78 is 34.9. The van der Waals surface area contributed by atoms with Crippen LogP contribution >= 0.6 is 0 Å². The fourth-order valence-electron chi connectivity index (χ4n) is 0.599. The van der Waals surface area contributed by atoms with E-state index in [0.29, 0.717) is 6.42 Å². The Hall–Kier alpha value is 0.576. The molecule has 0 aromatic carbocycles. The van der Waals surface area contributed by atoms with Crippen molar-refractivity contribution in [3.8, 4) is 0 Å². The molecule has 0 aromatic heterocycles. The monoisotopic (exact) mass is 381 g/mol. The van der Waals surface area contributed by atoms with Crippen LogP contribution in [0.4, 0.5) is 10.5 Å². The second-order valence-electron chi connectivity index (χ2n) is 1.69. The molecule has 0 bridgehead atoms. The van der Waals surface area contributed by atoms with E-state index in [1.54, 1.807) is 0 Å². The summed E-state index contributed by atoms with van der Waals surface area (Å²) in [6.45, 7) is 0. The number of aliphatic hydroxyl groups is 3. The van der Waals surface area contributed by atoms with E-state index in [-0.39, 0.29) is 26.2 Å². The van der Waals surface area contributed by atoms with Crippen molar-refractivity contribution in [1.29, 1.82) is 0 Å². The zero-order chi connectivity index (χ0) is 12.9. The topological polar surface area (TPSA) is 60.7 Å². The molecule has 1 rings (SSSR count). The van der Waals surface area contributed by atoms with Gasteiger partial charge in [0, 0.05) is 47.5 Å². The van der Waals surface area contributed by atoms with Crippen molar-refractivity contribution in [2.75, 3.05) is 21.3 Å². The maximum atomic E-state index is 11.8. The Bertz CT molecular complexity index is 184. The van der Waals surface area contributed by atoms with Gasteiger partial charge in [0.2, 0.25) is 0 Å². The van der Waals surface area contributed by atoms with Gasteiger partial charge in [-0.05, 0) is 0 Å². The van der Waals surface area contributed by atoms with Crippen LogP contribution in [0, 0.1) is 6.08 Å². The van der Waals surface area contributed by atoms with Crippen molar-refractivity contribution in [2.45, 2.75) is 6.42 Å². The van der Waals surface area contributed by atoms with Crippen molar-refractivity contribution in [3.05, 3.63) is 22.6 Å². The number of halogens is 3. The van der Waals surface area contributed by atoms with Crippen molar-refractivity contribution < 1.29 is 52.0 Å². The van der Waals surface area contributed by atoms with Gasteiger partial charge in [0.05, 0.1) is 0 Å². The molecule has 0 spiro atoms. The van der Waals surface area contributed by atoms with Crippen LogP contribution < -0.4 is 0 Å². The molecular formula is C8H16F3GeO3Zr-. The summed E-state index contributed by atoms with van der Waals surface area (Å²) in [5, 5.41) is 21.0. The molecule has 1 aliphatic carbocycles. The molecule has 0 heterocycles. The first kappa shape index (κ1) is 25.4. The zero-order valence-corrected chi connectivity index (χ0v) is 13.9. The molecule has 8 heteroatoms. The van der Waals surface area contributed by atoms with Gasteiger partial charge in [-0.1, -0.05) is 0 Å². The Morgan fingerprint density at radius 2 is 1.44 bits per heavy atom. The fraction of sp³-hybridized carbons (Fsp3) is 0.500. The number of hydrogen-bond acceptors (Lipinski definition) is 3. The minimum absolute atomic E-state index is 0. The molecule has 16 heavy (non-hydrogen) atoms. The van der Waals surface area contributed by atoms with Gasteiger partial charge in [0.25, 0.3) is 0 Å². The van der Waals surface area contributed by atoms with Crippen LogP contribution in [0.15, 0.2) is 16.6 Å². The van der Waals surface area contributed by atoms with E-state index in [4.69, 9.17) is 15.3 Å². The summed E-state index contributed by atoms with van der Waals surface area (Å²) in [5.74, 6) is 0. The fourth-order valence-corrected chi connectivity index (χ4v) is 1.88. The maximum Gasteiger partial charge on any atom is 0 e. The minimum Gasteiger partial charge on any atom is 0 e. The summed E-state index contributed by atoms with van der Waals surface area (Å²) >= 11 is -5.96. The Morgan fingerprint density at radius 1 is 1.06 bits per heavy atom. The predicted octanol–water partition coefficient (Wildman–Crippen LogP) is 0.885. The zero-order valence-electron chi connectivity index (χ0n) is 9.34. The summed E-state index contributed by atoms with van der Waals surface area (Å²) in [5.41, 5.74) is 0. The van der Waals surface area contributed by atoms with Crippen LogP contribution in [-0.2, 0) is 26.2 Å². The molecule has 96 valence electrons. The van der Waals surface area contributed by atoms with Crippen molar-refractivity contribution >= 4 is 14.7 Å². The van der Waals surface area contributed by atoms with Gasteiger partial charge in [-0.2, -0.15) is 0 Å². The summed E-state index contributed by atoms with van der Waals surface area (Å²) in [6, 6.07) is 0. The van der Waals surface area contributed by atoms with Gasteiger partial charge in [-0.3, -0.25) is 0 Å². The molecule has 0 atom stereocenters. The summed E-state index contributed by atoms with van der Waals surface area (Å²) in [4.78, 5) is 0. The SMILES string of the molecule is CO.CO.CO.[F][Ge]([F])([F])[C]1=[C-]CC=C1.[Zr]. The van der Waals surface area contributed by atoms with E-state index in [2.05, 4.69) is 6.08 Å². The molecule has 0 unspecified atom stereocenters. The van der Waals surface area contributed by atoms with Crippen molar-refractivity contribution in [2.24, 2.45) is 0 Å². The van der Waals surface area contributed by atoms with Gasteiger partial charge in [-0.15, -0.1) is 0 Å². The van der Waals surface area contributed by atoms with Gasteiger partial charge < -0.3 is 15.3 Å². The molecule has 0 fully saturated rings. The van der Waals surface area contributed by atoms with Gasteiger partial charge >= 0.3 is 54.2 Å². The van der Waals surface area contributed by atoms with Crippen LogP contribution in [0.25, 0.3) is 0 Å². The van der Waals surface area contributed by atoms with Gasteiger partial charge in [-0.25, -0.2) is 0 Å². The van der Waals surface area contributed by atoms with Crippen LogP contribution in [-0.4, -0.2) is 51.3 Å². The van der Waals surface area contributed by atoms with E-state index in [0.717, 1.165) is 27.4 Å². The average molecular weight is 381 g/mol. The molecule has 1 aliphatic rings. The molecule has 3 nitrogen and oxygen atoms in total. The molecule has 3 N–H and O–H groups in total. The molecule has 0 amide bonds. The molecule has 0 aliphatic heterocycles. The third-order valence-electron chi connectivity index (χ3n) is 1.00. The number of hydrogen-bond donors (Lipinski definition) is 3. The normalized spacial score (nSPS) is 11.4. The van der Waals surface area contributed by atoms with Crippen molar-refractivity contribution in [3.63, 3.8) is 0 Å². The minimum atomic E-state index is -5.96. The van der Waals surface area contributed by atoms with E-state index in [1.165, 1.54) is 6.08 Å². The van der Waals surface area contributed by atoms with Crippen LogP contribution in [0.3, 0.4) is 0 Å². The first-order valence-corrected chi connectivity index (χ1v) is 7.22. The van der Waals surface area contributed by atoms with Crippen LogP contribution in [0.1, 0.15) is 6.42 Å². The molecule has 0 saturated heterocycles. The molecular weight excluding hydrogens is 365 g/mol.